The number of anilines is 1. The van der Waals surface area contributed by atoms with Crippen LogP contribution in [-0.4, -0.2) is 15.9 Å². The first-order valence-electron chi connectivity index (χ1n) is 5.97. The van der Waals surface area contributed by atoms with Crippen LogP contribution in [0, 0.1) is 0 Å². The Morgan fingerprint density at radius 2 is 2.00 bits per heavy atom. The average Bonchev–Trinajstić information content (AvgIpc) is 2.81. The van der Waals surface area contributed by atoms with Crippen LogP contribution >= 0.6 is 23.1 Å². The van der Waals surface area contributed by atoms with Crippen LogP contribution in [0.2, 0.25) is 5.02 Å². The van der Waals surface area contributed by atoms with Gasteiger partial charge in [-0.05, 0) is 24.1 Å². The maximum Gasteiger partial charge on any atom is 0.202 e. The molecule has 0 aliphatic carbocycles. The van der Waals surface area contributed by atoms with Gasteiger partial charge in [0.15, 0.2) is 0 Å². The third-order valence-electron chi connectivity index (χ3n) is 2.56. The number of aromatic nitrogens is 2. The lowest BCUT2D eigenvalue weighted by Crippen LogP contribution is -2.04. The van der Waals surface area contributed by atoms with E-state index in [1.54, 1.807) is 0 Å². The largest absolute Gasteiger partial charge is 0.360 e. The Labute approximate surface area is 116 Å². The molecule has 2 rings (SSSR count). The van der Waals surface area contributed by atoms with Crippen molar-refractivity contribution in [1.29, 1.82) is 0 Å². The Hall–Kier alpha value is -1.13. The first kappa shape index (κ1) is 13.3. The topological polar surface area (TPSA) is 37.8 Å². The zero-order valence-electron chi connectivity index (χ0n) is 10.5. The number of nitrogens with one attached hydrogen (secondary N) is 1. The van der Waals surface area contributed by atoms with Crippen LogP contribution in [0.1, 0.15) is 31.2 Å². The van der Waals surface area contributed by atoms with Crippen LogP contribution in [0.5, 0.6) is 0 Å². The van der Waals surface area contributed by atoms with Gasteiger partial charge >= 0.3 is 0 Å². The fourth-order valence-electron chi connectivity index (χ4n) is 1.51. The van der Waals surface area contributed by atoms with Crippen LogP contribution in [-0.2, 0) is 6.42 Å². The quantitative estimate of drug-likeness (QED) is 0.901. The van der Waals surface area contributed by atoms with Crippen LogP contribution < -0.4 is 5.32 Å². The second-order valence-corrected chi connectivity index (χ2v) is 5.60. The third-order valence-corrected chi connectivity index (χ3v) is 3.50. The highest BCUT2D eigenvalue weighted by Crippen LogP contribution is 2.17. The van der Waals surface area contributed by atoms with Crippen molar-refractivity contribution in [3.05, 3.63) is 40.7 Å². The molecule has 0 aliphatic heterocycles. The zero-order valence-corrected chi connectivity index (χ0v) is 12.1. The van der Waals surface area contributed by atoms with Crippen molar-refractivity contribution in [2.45, 2.75) is 26.2 Å². The summed E-state index contributed by atoms with van der Waals surface area (Å²) in [5, 5.41) is 4.97. The molecule has 0 bridgehead atoms. The molecule has 0 aliphatic rings. The molecule has 1 N–H and O–H groups in total. The van der Waals surface area contributed by atoms with E-state index < -0.39 is 0 Å². The number of hydrogen-bond donors (Lipinski definition) is 1. The van der Waals surface area contributed by atoms with Crippen molar-refractivity contribution in [1.82, 2.24) is 9.36 Å². The molecular weight excluding hydrogens is 266 g/mol. The molecule has 1 aromatic carbocycles. The Morgan fingerprint density at radius 1 is 1.28 bits per heavy atom. The summed E-state index contributed by atoms with van der Waals surface area (Å²) in [6.07, 6.45) is 0.952. The summed E-state index contributed by atoms with van der Waals surface area (Å²) in [5.74, 6) is 1.29. The van der Waals surface area contributed by atoms with Gasteiger partial charge in [-0.15, -0.1) is 0 Å². The second-order valence-electron chi connectivity index (χ2n) is 4.42. The SMILES string of the molecule is CC(C)c1nsc(NCCc2ccc(Cl)cc2)n1. The number of rotatable bonds is 5. The molecule has 1 heterocycles. The molecular formula is C13H16ClN3S. The van der Waals surface area contributed by atoms with Gasteiger partial charge in [0.25, 0.3) is 0 Å². The Balaban J connectivity index is 1.82. The lowest BCUT2D eigenvalue weighted by molar-refractivity contribution is 0.799. The standard InChI is InChI=1S/C13H16ClN3S/c1-9(2)12-16-13(18-17-12)15-8-7-10-3-5-11(14)6-4-10/h3-6,9H,7-8H2,1-2H3,(H,15,16,17). The molecule has 3 nitrogen and oxygen atoms in total. The van der Waals surface area contributed by atoms with Crippen molar-refractivity contribution in [3.8, 4) is 0 Å². The lowest BCUT2D eigenvalue weighted by Gasteiger charge is -2.02. The highest BCUT2D eigenvalue weighted by Gasteiger charge is 2.06. The lowest BCUT2D eigenvalue weighted by atomic mass is 10.1. The van der Waals surface area contributed by atoms with Crippen molar-refractivity contribution >= 4 is 28.3 Å². The van der Waals surface area contributed by atoms with Crippen LogP contribution in [0.15, 0.2) is 24.3 Å². The predicted molar refractivity (Wildman–Crippen MR) is 77.6 cm³/mol. The summed E-state index contributed by atoms with van der Waals surface area (Å²) < 4.78 is 4.30. The minimum Gasteiger partial charge on any atom is -0.360 e. The van der Waals surface area contributed by atoms with Crippen LogP contribution in [0.3, 0.4) is 0 Å². The number of halogens is 1. The second kappa shape index (κ2) is 6.16. The smallest absolute Gasteiger partial charge is 0.202 e. The van der Waals surface area contributed by atoms with E-state index in [4.69, 9.17) is 11.6 Å². The van der Waals surface area contributed by atoms with Gasteiger partial charge in [-0.1, -0.05) is 37.6 Å². The molecule has 0 saturated heterocycles. The van der Waals surface area contributed by atoms with Gasteiger partial charge in [-0.25, -0.2) is 4.98 Å². The van der Waals surface area contributed by atoms with Gasteiger partial charge in [0.2, 0.25) is 5.13 Å². The molecule has 0 spiro atoms. The number of hydrogen-bond acceptors (Lipinski definition) is 4. The van der Waals surface area contributed by atoms with E-state index in [1.165, 1.54) is 17.1 Å². The van der Waals surface area contributed by atoms with E-state index in [1.807, 2.05) is 24.3 Å². The number of benzene rings is 1. The minimum atomic E-state index is 0.382. The molecule has 1 aromatic heterocycles. The van der Waals surface area contributed by atoms with Gasteiger partial charge < -0.3 is 5.32 Å². The minimum absolute atomic E-state index is 0.382. The van der Waals surface area contributed by atoms with Gasteiger partial charge in [-0.2, -0.15) is 4.37 Å². The zero-order chi connectivity index (χ0) is 13.0. The summed E-state index contributed by atoms with van der Waals surface area (Å²) >= 11 is 7.26. The summed E-state index contributed by atoms with van der Waals surface area (Å²) in [4.78, 5) is 4.43. The molecule has 5 heteroatoms. The maximum absolute atomic E-state index is 5.84. The summed E-state index contributed by atoms with van der Waals surface area (Å²) in [6.45, 7) is 5.05. The Bertz CT molecular complexity index is 493. The fourth-order valence-corrected chi connectivity index (χ4v) is 2.36. The number of nitrogens with zero attached hydrogens (tertiary/aromatic N) is 2. The highest BCUT2D eigenvalue weighted by atomic mass is 35.5. The molecule has 2 aromatic rings. The van der Waals surface area contributed by atoms with Gasteiger partial charge in [0, 0.05) is 29.0 Å². The van der Waals surface area contributed by atoms with Gasteiger partial charge in [0.1, 0.15) is 5.82 Å². The van der Waals surface area contributed by atoms with Crippen molar-refractivity contribution in [3.63, 3.8) is 0 Å². The first-order valence-corrected chi connectivity index (χ1v) is 7.12. The predicted octanol–water partition coefficient (Wildman–Crippen LogP) is 3.97. The maximum atomic E-state index is 5.84. The molecule has 0 radical (unpaired) electrons. The van der Waals surface area contributed by atoms with E-state index in [9.17, 15) is 0 Å². The van der Waals surface area contributed by atoms with E-state index in [0.717, 1.165) is 28.9 Å². The van der Waals surface area contributed by atoms with E-state index in [2.05, 4.69) is 28.5 Å². The molecule has 0 amide bonds. The molecule has 96 valence electrons. The summed E-state index contributed by atoms with van der Waals surface area (Å²) in [7, 11) is 0. The van der Waals surface area contributed by atoms with Crippen molar-refractivity contribution in [2.24, 2.45) is 0 Å². The van der Waals surface area contributed by atoms with Gasteiger partial charge in [-0.3, -0.25) is 0 Å². The van der Waals surface area contributed by atoms with Crippen molar-refractivity contribution < 1.29 is 0 Å². The van der Waals surface area contributed by atoms with Crippen LogP contribution in [0.4, 0.5) is 5.13 Å². The molecule has 0 unspecified atom stereocenters. The van der Waals surface area contributed by atoms with Gasteiger partial charge in [0.05, 0.1) is 0 Å². The van der Waals surface area contributed by atoms with E-state index >= 15 is 0 Å². The van der Waals surface area contributed by atoms with Crippen LogP contribution in [0.25, 0.3) is 0 Å². The van der Waals surface area contributed by atoms with E-state index in [-0.39, 0.29) is 0 Å². The van der Waals surface area contributed by atoms with E-state index in [0.29, 0.717) is 5.92 Å². The highest BCUT2D eigenvalue weighted by molar-refractivity contribution is 7.09. The Kier molecular flexibility index (Phi) is 4.55. The fraction of sp³-hybridized carbons (Fsp3) is 0.385. The first-order chi connectivity index (χ1) is 8.65. The Morgan fingerprint density at radius 3 is 2.61 bits per heavy atom. The molecule has 0 fully saturated rings. The summed E-state index contributed by atoms with van der Waals surface area (Å²) in [5.41, 5.74) is 1.26. The average molecular weight is 282 g/mol. The molecule has 0 atom stereocenters. The third kappa shape index (κ3) is 3.68. The monoisotopic (exact) mass is 281 g/mol. The molecule has 0 saturated carbocycles. The normalized spacial score (nSPS) is 10.9. The van der Waals surface area contributed by atoms with Crippen molar-refractivity contribution in [2.75, 3.05) is 11.9 Å². The summed E-state index contributed by atoms with van der Waals surface area (Å²) in [6, 6.07) is 7.92. The molecule has 18 heavy (non-hydrogen) atoms.